The molecule has 2 aromatic carbocycles. The van der Waals surface area contributed by atoms with Crippen molar-refractivity contribution in [3.05, 3.63) is 74.7 Å². The molecule has 0 atom stereocenters. The molecule has 1 amide bonds. The van der Waals surface area contributed by atoms with Gasteiger partial charge < -0.3 is 9.88 Å². The molecule has 0 saturated carbocycles. The maximum absolute atomic E-state index is 14.2. The number of aromatic nitrogens is 1. The third kappa shape index (κ3) is 3.23. The SMILES string of the molecule is Cc1cc(=O)c2cccc(F)c2n1CC(=O)Nc1ccc(Br)cc1. The zero-order valence-corrected chi connectivity index (χ0v) is 14.4. The van der Waals surface area contributed by atoms with Crippen molar-refractivity contribution >= 4 is 38.4 Å². The van der Waals surface area contributed by atoms with Gasteiger partial charge in [-0.25, -0.2) is 4.39 Å². The molecule has 0 saturated heterocycles. The van der Waals surface area contributed by atoms with Gasteiger partial charge in [0.2, 0.25) is 5.91 Å². The topological polar surface area (TPSA) is 51.1 Å². The number of carbonyl (C=O) groups is 1. The lowest BCUT2D eigenvalue weighted by Crippen LogP contribution is -2.22. The molecule has 122 valence electrons. The fourth-order valence-electron chi connectivity index (χ4n) is 2.59. The van der Waals surface area contributed by atoms with Gasteiger partial charge >= 0.3 is 0 Å². The maximum Gasteiger partial charge on any atom is 0.244 e. The van der Waals surface area contributed by atoms with E-state index in [1.807, 2.05) is 12.1 Å². The summed E-state index contributed by atoms with van der Waals surface area (Å²) in [6.07, 6.45) is 0. The monoisotopic (exact) mass is 388 g/mol. The molecular weight excluding hydrogens is 375 g/mol. The van der Waals surface area contributed by atoms with Crippen LogP contribution < -0.4 is 10.7 Å². The summed E-state index contributed by atoms with van der Waals surface area (Å²) in [4.78, 5) is 24.3. The number of nitrogens with one attached hydrogen (secondary N) is 1. The van der Waals surface area contributed by atoms with Gasteiger partial charge in [-0.05, 0) is 43.3 Å². The number of halogens is 2. The van der Waals surface area contributed by atoms with Crippen molar-refractivity contribution in [3.63, 3.8) is 0 Å². The number of hydrogen-bond donors (Lipinski definition) is 1. The van der Waals surface area contributed by atoms with Crippen LogP contribution >= 0.6 is 15.9 Å². The molecule has 0 aliphatic carbocycles. The minimum Gasteiger partial charge on any atom is -0.333 e. The molecule has 0 bridgehead atoms. The Hall–Kier alpha value is -2.47. The van der Waals surface area contributed by atoms with Crippen molar-refractivity contribution in [2.75, 3.05) is 5.32 Å². The van der Waals surface area contributed by atoms with Gasteiger partial charge in [-0.2, -0.15) is 0 Å². The highest BCUT2D eigenvalue weighted by Gasteiger charge is 2.13. The summed E-state index contributed by atoms with van der Waals surface area (Å²) >= 11 is 3.33. The van der Waals surface area contributed by atoms with E-state index in [2.05, 4.69) is 21.2 Å². The number of para-hydroxylation sites is 1. The molecule has 6 heteroatoms. The van der Waals surface area contributed by atoms with Gasteiger partial charge in [-0.3, -0.25) is 9.59 Å². The third-order valence-corrected chi connectivity index (χ3v) is 4.25. The van der Waals surface area contributed by atoms with Gasteiger partial charge in [-0.1, -0.05) is 22.0 Å². The molecule has 0 spiro atoms. The number of hydrogen-bond acceptors (Lipinski definition) is 2. The molecule has 1 heterocycles. The summed E-state index contributed by atoms with van der Waals surface area (Å²) in [5.41, 5.74) is 1.07. The molecule has 4 nitrogen and oxygen atoms in total. The molecule has 0 unspecified atom stereocenters. The van der Waals surface area contributed by atoms with Crippen molar-refractivity contribution in [1.82, 2.24) is 4.57 Å². The largest absolute Gasteiger partial charge is 0.333 e. The number of nitrogens with zero attached hydrogens (tertiary/aromatic N) is 1. The zero-order valence-electron chi connectivity index (χ0n) is 12.8. The van der Waals surface area contributed by atoms with E-state index in [-0.39, 0.29) is 28.8 Å². The first-order valence-electron chi connectivity index (χ1n) is 7.30. The number of anilines is 1. The van der Waals surface area contributed by atoms with E-state index in [1.165, 1.54) is 22.8 Å². The molecule has 3 aromatic rings. The molecule has 3 rings (SSSR count). The first-order chi connectivity index (χ1) is 11.5. The Morgan fingerprint density at radius 1 is 1.21 bits per heavy atom. The fourth-order valence-corrected chi connectivity index (χ4v) is 2.86. The average Bonchev–Trinajstić information content (AvgIpc) is 2.54. The van der Waals surface area contributed by atoms with Crippen LogP contribution in [0, 0.1) is 12.7 Å². The number of rotatable bonds is 3. The predicted octanol–water partition coefficient (Wildman–Crippen LogP) is 3.85. The summed E-state index contributed by atoms with van der Waals surface area (Å²) in [5.74, 6) is -0.821. The molecule has 1 N–H and O–H groups in total. The number of pyridine rings is 1. The standard InChI is InChI=1S/C18H14BrFN2O2/c1-11-9-16(23)14-3-2-4-15(20)18(14)22(11)10-17(24)21-13-7-5-12(19)6-8-13/h2-9H,10H2,1H3,(H,21,24). The third-order valence-electron chi connectivity index (χ3n) is 3.72. The first-order valence-corrected chi connectivity index (χ1v) is 8.09. The Morgan fingerprint density at radius 3 is 2.62 bits per heavy atom. The lowest BCUT2D eigenvalue weighted by Gasteiger charge is -2.15. The highest BCUT2D eigenvalue weighted by atomic mass is 79.9. The van der Waals surface area contributed by atoms with Gasteiger partial charge in [0.05, 0.1) is 5.52 Å². The van der Waals surface area contributed by atoms with Crippen molar-refractivity contribution in [2.24, 2.45) is 0 Å². The highest BCUT2D eigenvalue weighted by molar-refractivity contribution is 9.10. The van der Waals surface area contributed by atoms with Crippen molar-refractivity contribution < 1.29 is 9.18 Å². The molecule has 0 aliphatic rings. The number of amides is 1. The second-order valence-corrected chi connectivity index (χ2v) is 6.34. The van der Waals surface area contributed by atoms with E-state index >= 15 is 0 Å². The molecule has 0 aliphatic heterocycles. The summed E-state index contributed by atoms with van der Waals surface area (Å²) in [7, 11) is 0. The Balaban J connectivity index is 1.96. The minimum absolute atomic E-state index is 0.0837. The summed E-state index contributed by atoms with van der Waals surface area (Å²) in [5, 5.41) is 3.02. The van der Waals surface area contributed by atoms with Crippen LogP contribution in [-0.4, -0.2) is 10.5 Å². The van der Waals surface area contributed by atoms with Crippen molar-refractivity contribution in [1.29, 1.82) is 0 Å². The van der Waals surface area contributed by atoms with Crippen LogP contribution in [0.4, 0.5) is 10.1 Å². The van der Waals surface area contributed by atoms with Gasteiger partial charge in [0, 0.05) is 27.3 Å². The molecular formula is C18H14BrFN2O2. The molecule has 0 radical (unpaired) electrons. The Kier molecular flexibility index (Phi) is 4.49. The fraction of sp³-hybridized carbons (Fsp3) is 0.111. The molecule has 1 aromatic heterocycles. The van der Waals surface area contributed by atoms with Gasteiger partial charge in [-0.15, -0.1) is 0 Å². The van der Waals surface area contributed by atoms with Crippen molar-refractivity contribution in [2.45, 2.75) is 13.5 Å². The van der Waals surface area contributed by atoms with Gasteiger partial charge in [0.25, 0.3) is 0 Å². The summed E-state index contributed by atoms with van der Waals surface area (Å²) in [6, 6.07) is 12.9. The van der Waals surface area contributed by atoms with E-state index in [9.17, 15) is 14.0 Å². The van der Waals surface area contributed by atoms with E-state index in [0.29, 0.717) is 11.4 Å². The zero-order chi connectivity index (χ0) is 17.3. The Labute approximate surface area is 146 Å². The van der Waals surface area contributed by atoms with Crippen molar-refractivity contribution in [3.8, 4) is 0 Å². The number of fused-ring (bicyclic) bond motifs is 1. The quantitative estimate of drug-likeness (QED) is 0.740. The van der Waals surface area contributed by atoms with Crippen LogP contribution in [0.2, 0.25) is 0 Å². The smallest absolute Gasteiger partial charge is 0.244 e. The lowest BCUT2D eigenvalue weighted by atomic mass is 10.1. The molecule has 0 fully saturated rings. The van der Waals surface area contributed by atoms with Crippen LogP contribution in [0.3, 0.4) is 0 Å². The van der Waals surface area contributed by atoms with Gasteiger partial charge in [0.15, 0.2) is 5.43 Å². The average molecular weight is 389 g/mol. The van der Waals surface area contributed by atoms with Crippen LogP contribution in [0.15, 0.2) is 57.8 Å². The van der Waals surface area contributed by atoms with Crippen LogP contribution in [-0.2, 0) is 11.3 Å². The number of benzene rings is 2. The van der Waals surface area contributed by atoms with Gasteiger partial charge in [0.1, 0.15) is 12.4 Å². The van der Waals surface area contributed by atoms with E-state index in [1.54, 1.807) is 25.1 Å². The van der Waals surface area contributed by atoms with Crippen LogP contribution in [0.25, 0.3) is 10.9 Å². The Morgan fingerprint density at radius 2 is 1.92 bits per heavy atom. The Bertz CT molecular complexity index is 981. The van der Waals surface area contributed by atoms with E-state index < -0.39 is 5.82 Å². The first kappa shape index (κ1) is 16.4. The van der Waals surface area contributed by atoms with E-state index in [0.717, 1.165) is 4.47 Å². The van der Waals surface area contributed by atoms with E-state index in [4.69, 9.17) is 0 Å². The summed E-state index contributed by atoms with van der Waals surface area (Å²) in [6.45, 7) is 1.60. The number of carbonyl (C=O) groups excluding carboxylic acids is 1. The maximum atomic E-state index is 14.2. The lowest BCUT2D eigenvalue weighted by molar-refractivity contribution is -0.116. The normalized spacial score (nSPS) is 10.8. The second kappa shape index (κ2) is 6.57. The predicted molar refractivity (Wildman–Crippen MR) is 95.7 cm³/mol. The van der Waals surface area contributed by atoms with Crippen LogP contribution in [0.1, 0.15) is 5.69 Å². The van der Waals surface area contributed by atoms with Crippen LogP contribution in [0.5, 0.6) is 0 Å². The molecule has 24 heavy (non-hydrogen) atoms. The minimum atomic E-state index is -0.523. The number of aryl methyl sites for hydroxylation is 1. The highest BCUT2D eigenvalue weighted by Crippen LogP contribution is 2.18. The summed E-state index contributed by atoms with van der Waals surface area (Å²) < 4.78 is 16.7. The second-order valence-electron chi connectivity index (χ2n) is 5.43.